The number of nitrogens with two attached hydrogens (primary N) is 2. The summed E-state index contributed by atoms with van der Waals surface area (Å²) in [5, 5.41) is 20.5. The molecular formula is C25H32N4O2. The summed E-state index contributed by atoms with van der Waals surface area (Å²) in [6, 6.07) is 22.7. The van der Waals surface area contributed by atoms with Crippen LogP contribution in [0.3, 0.4) is 0 Å². The lowest BCUT2D eigenvalue weighted by atomic mass is 10.1. The predicted molar refractivity (Wildman–Crippen MR) is 126 cm³/mol. The summed E-state index contributed by atoms with van der Waals surface area (Å²) >= 11 is 0. The third kappa shape index (κ3) is 7.00. The molecular weight excluding hydrogens is 388 g/mol. The van der Waals surface area contributed by atoms with Crippen LogP contribution in [0.4, 0.5) is 5.69 Å². The zero-order chi connectivity index (χ0) is 22.1. The largest absolute Gasteiger partial charge is 0.508 e. The maximum atomic E-state index is 10.2. The molecule has 0 aliphatic carbocycles. The third-order valence-electron chi connectivity index (χ3n) is 5.33. The van der Waals surface area contributed by atoms with Crippen molar-refractivity contribution in [2.45, 2.75) is 19.6 Å². The van der Waals surface area contributed by atoms with Crippen LogP contribution in [0.25, 0.3) is 0 Å². The van der Waals surface area contributed by atoms with Crippen LogP contribution < -0.4 is 11.5 Å². The molecule has 3 aromatic carbocycles. The van der Waals surface area contributed by atoms with Gasteiger partial charge in [0.15, 0.2) is 0 Å². The van der Waals surface area contributed by atoms with Gasteiger partial charge in [-0.25, -0.2) is 0 Å². The van der Waals surface area contributed by atoms with Gasteiger partial charge in [0.25, 0.3) is 0 Å². The van der Waals surface area contributed by atoms with Gasteiger partial charge in [-0.15, -0.1) is 0 Å². The molecule has 0 saturated heterocycles. The van der Waals surface area contributed by atoms with Crippen molar-refractivity contribution < 1.29 is 10.2 Å². The van der Waals surface area contributed by atoms with E-state index in [1.165, 1.54) is 5.56 Å². The first-order valence-electron chi connectivity index (χ1n) is 10.6. The van der Waals surface area contributed by atoms with Crippen molar-refractivity contribution in [3.63, 3.8) is 0 Å². The van der Waals surface area contributed by atoms with Crippen LogP contribution in [-0.2, 0) is 19.6 Å². The highest BCUT2D eigenvalue weighted by Crippen LogP contribution is 2.22. The van der Waals surface area contributed by atoms with Crippen molar-refractivity contribution in [2.24, 2.45) is 5.73 Å². The number of hydrogen-bond donors (Lipinski definition) is 4. The Morgan fingerprint density at radius 2 is 1.13 bits per heavy atom. The molecule has 0 radical (unpaired) electrons. The highest BCUT2D eigenvalue weighted by atomic mass is 16.3. The number of hydrogen-bond acceptors (Lipinski definition) is 6. The summed E-state index contributed by atoms with van der Waals surface area (Å²) in [5.41, 5.74) is 15.3. The first kappa shape index (κ1) is 22.6. The second kappa shape index (κ2) is 11.4. The first-order valence-corrected chi connectivity index (χ1v) is 10.6. The molecule has 164 valence electrons. The van der Waals surface area contributed by atoms with Gasteiger partial charge in [-0.1, -0.05) is 48.5 Å². The Hall–Kier alpha value is -3.06. The number of benzene rings is 3. The quantitative estimate of drug-likeness (QED) is 0.356. The smallest absolute Gasteiger partial charge is 0.120 e. The normalized spacial score (nSPS) is 11.3. The van der Waals surface area contributed by atoms with Crippen LogP contribution in [0.5, 0.6) is 11.5 Å². The lowest BCUT2D eigenvalue weighted by molar-refractivity contribution is 0.188. The number of nitrogens with zero attached hydrogens (tertiary/aromatic N) is 2. The molecule has 3 aromatic rings. The van der Waals surface area contributed by atoms with Gasteiger partial charge in [-0.05, 0) is 29.8 Å². The summed E-state index contributed by atoms with van der Waals surface area (Å²) in [6.45, 7) is 4.89. The molecule has 0 heterocycles. The molecule has 0 aromatic heterocycles. The lowest BCUT2D eigenvalue weighted by Gasteiger charge is -2.28. The average Bonchev–Trinajstić information content (AvgIpc) is 2.76. The van der Waals surface area contributed by atoms with Gasteiger partial charge < -0.3 is 21.7 Å². The van der Waals surface area contributed by atoms with Gasteiger partial charge in [-0.2, -0.15) is 0 Å². The van der Waals surface area contributed by atoms with Gasteiger partial charge in [0.2, 0.25) is 0 Å². The SMILES string of the molecule is NCCN(CCN(Cc1ccccc1O)Cc1ccccc1O)Cc1ccc(N)cc1. The number of phenols is 2. The fourth-order valence-electron chi connectivity index (χ4n) is 3.60. The van der Waals surface area contributed by atoms with Gasteiger partial charge in [-0.3, -0.25) is 9.80 Å². The maximum Gasteiger partial charge on any atom is 0.120 e. The summed E-state index contributed by atoms with van der Waals surface area (Å²) in [6.07, 6.45) is 0. The Kier molecular flexibility index (Phi) is 8.29. The van der Waals surface area contributed by atoms with E-state index in [9.17, 15) is 10.2 Å². The summed E-state index contributed by atoms with van der Waals surface area (Å²) in [7, 11) is 0. The second-order valence-electron chi connectivity index (χ2n) is 7.77. The molecule has 0 unspecified atom stereocenters. The zero-order valence-corrected chi connectivity index (χ0v) is 17.8. The van der Waals surface area contributed by atoms with Crippen molar-refractivity contribution in [3.05, 3.63) is 89.5 Å². The van der Waals surface area contributed by atoms with Gasteiger partial charge in [0, 0.05) is 62.6 Å². The van der Waals surface area contributed by atoms with Crippen molar-refractivity contribution >= 4 is 5.69 Å². The monoisotopic (exact) mass is 420 g/mol. The Morgan fingerprint density at radius 3 is 1.65 bits per heavy atom. The van der Waals surface area contributed by atoms with Crippen LogP contribution in [0, 0.1) is 0 Å². The maximum absolute atomic E-state index is 10.2. The Bertz CT molecular complexity index is 899. The molecule has 0 aliphatic rings. The fraction of sp³-hybridized carbons (Fsp3) is 0.280. The van der Waals surface area contributed by atoms with E-state index in [0.717, 1.165) is 43.0 Å². The standard InChI is InChI=1S/C25H32N4O2/c26-13-14-28(17-20-9-11-23(27)12-10-20)15-16-29(18-21-5-1-3-7-24(21)30)19-22-6-2-4-8-25(22)31/h1-12,30-31H,13-19,26-27H2. The van der Waals surface area contributed by atoms with Crippen molar-refractivity contribution in [1.82, 2.24) is 9.80 Å². The zero-order valence-electron chi connectivity index (χ0n) is 17.8. The lowest BCUT2D eigenvalue weighted by Crippen LogP contribution is -2.37. The van der Waals surface area contributed by atoms with Gasteiger partial charge in [0.1, 0.15) is 11.5 Å². The highest BCUT2D eigenvalue weighted by Gasteiger charge is 2.14. The molecule has 0 saturated carbocycles. The number of nitrogen functional groups attached to an aromatic ring is 1. The highest BCUT2D eigenvalue weighted by molar-refractivity contribution is 5.39. The molecule has 0 aliphatic heterocycles. The molecule has 3 rings (SSSR count). The molecule has 0 bridgehead atoms. The van der Waals surface area contributed by atoms with Crippen LogP contribution in [0.1, 0.15) is 16.7 Å². The summed E-state index contributed by atoms with van der Waals surface area (Å²) in [5.74, 6) is 0.566. The van der Waals surface area contributed by atoms with Crippen LogP contribution in [0.15, 0.2) is 72.8 Å². The van der Waals surface area contributed by atoms with E-state index in [4.69, 9.17) is 11.5 Å². The van der Waals surface area contributed by atoms with E-state index in [0.29, 0.717) is 19.6 Å². The number of anilines is 1. The Morgan fingerprint density at radius 1 is 0.613 bits per heavy atom. The van der Waals surface area contributed by atoms with Crippen LogP contribution >= 0.6 is 0 Å². The number of para-hydroxylation sites is 2. The van der Waals surface area contributed by atoms with E-state index in [2.05, 4.69) is 9.80 Å². The number of phenolic OH excluding ortho intramolecular Hbond substituents is 2. The van der Waals surface area contributed by atoms with Gasteiger partial charge in [0.05, 0.1) is 0 Å². The van der Waals surface area contributed by atoms with E-state index >= 15 is 0 Å². The molecule has 6 heteroatoms. The predicted octanol–water partition coefficient (Wildman–Crippen LogP) is 3.14. The van der Waals surface area contributed by atoms with E-state index < -0.39 is 0 Å². The van der Waals surface area contributed by atoms with Crippen LogP contribution in [0.2, 0.25) is 0 Å². The average molecular weight is 421 g/mol. The van der Waals surface area contributed by atoms with Crippen molar-refractivity contribution in [1.29, 1.82) is 0 Å². The minimum Gasteiger partial charge on any atom is -0.508 e. The minimum absolute atomic E-state index is 0.283. The van der Waals surface area contributed by atoms with E-state index in [-0.39, 0.29) is 11.5 Å². The molecule has 0 fully saturated rings. The summed E-state index contributed by atoms with van der Waals surface area (Å²) in [4.78, 5) is 4.55. The molecule has 0 atom stereocenters. The molecule has 6 nitrogen and oxygen atoms in total. The topological polar surface area (TPSA) is 99.0 Å². The third-order valence-corrected chi connectivity index (χ3v) is 5.33. The van der Waals surface area contributed by atoms with Crippen molar-refractivity contribution in [3.8, 4) is 11.5 Å². The van der Waals surface area contributed by atoms with E-state index in [1.54, 1.807) is 12.1 Å². The molecule has 0 amide bonds. The molecule has 31 heavy (non-hydrogen) atoms. The Balaban J connectivity index is 1.71. The molecule has 6 N–H and O–H groups in total. The van der Waals surface area contributed by atoms with Crippen molar-refractivity contribution in [2.75, 3.05) is 31.9 Å². The second-order valence-corrected chi connectivity index (χ2v) is 7.77. The summed E-state index contributed by atoms with van der Waals surface area (Å²) < 4.78 is 0. The van der Waals surface area contributed by atoms with Gasteiger partial charge >= 0.3 is 0 Å². The number of aromatic hydroxyl groups is 2. The van der Waals surface area contributed by atoms with Crippen LogP contribution in [-0.4, -0.2) is 46.2 Å². The first-order chi connectivity index (χ1) is 15.0. The Labute approximate surface area is 184 Å². The minimum atomic E-state index is 0.283. The fourth-order valence-corrected chi connectivity index (χ4v) is 3.60. The van der Waals surface area contributed by atoms with E-state index in [1.807, 2.05) is 60.7 Å². The number of rotatable bonds is 11. The molecule has 0 spiro atoms.